The van der Waals surface area contributed by atoms with Gasteiger partial charge in [0.2, 0.25) is 0 Å². The molecule has 0 aromatic rings. The Morgan fingerprint density at radius 3 is 0.349 bits per heavy atom. The molecule has 22 aliphatic heterocycles. The molecule has 0 aromatic carbocycles. The fraction of sp³-hybridized carbons (Fsp3) is 0.833. The lowest BCUT2D eigenvalue weighted by molar-refractivity contribution is -0.403. The number of rotatable bonds is 30. The van der Waals surface area contributed by atoms with Gasteiger partial charge in [-0.3, -0.25) is 0 Å². The molecule has 22 fully saturated rings. The molecule has 22 heterocycles. The van der Waals surface area contributed by atoms with Crippen LogP contribution < -0.4 is 0 Å². The molecular weight excluding hydrogens is 1730 g/mol. The lowest BCUT2D eigenvalue weighted by atomic mass is 9.94. The highest BCUT2D eigenvalue weighted by molar-refractivity contribution is 5.65. The molecule has 0 spiro atoms. The number of carbonyl (C=O) groups excluding carboxylic acids is 12. The third-order valence-electron chi connectivity index (χ3n) is 18.3. The van der Waals surface area contributed by atoms with Crippen molar-refractivity contribution in [3.63, 3.8) is 0 Å². The van der Waals surface area contributed by atoms with E-state index in [1.807, 2.05) is 0 Å². The molecule has 0 aromatic heterocycles. The Bertz CT molecular complexity index is 2870. The van der Waals surface area contributed by atoms with E-state index in [-0.39, 0.29) is 0 Å². The Morgan fingerprint density at radius 2 is 0.262 bits per heavy atom. The molecule has 0 aliphatic carbocycles. The largest absolute Gasteiger partial charge is 0.508 e. The summed E-state index contributed by atoms with van der Waals surface area (Å²) < 4.78 is 210. The van der Waals surface area contributed by atoms with Crippen molar-refractivity contribution in [1.82, 2.24) is 0 Å². The van der Waals surface area contributed by atoms with Crippen LogP contribution in [0.1, 0.15) is 83.1 Å². The third-order valence-corrected chi connectivity index (χ3v) is 18.3. The summed E-state index contributed by atoms with van der Waals surface area (Å²) in [6.07, 6.45) is -93.2. The maximum atomic E-state index is 14.1. The Kier molecular flexibility index (Phi) is 42.8. The van der Waals surface area contributed by atoms with Gasteiger partial charge in [-0.25, -0.2) is 57.5 Å². The van der Waals surface area contributed by atoms with E-state index in [4.69, 9.17) is 171 Å². The second kappa shape index (κ2) is 52.1. The van der Waals surface area contributed by atoms with Gasteiger partial charge in [-0.2, -0.15) is 0 Å². The maximum absolute atomic E-state index is 14.1. The van der Waals surface area contributed by atoms with Crippen molar-refractivity contribution in [2.75, 3.05) is 119 Å². The highest BCUT2D eigenvalue weighted by atomic mass is 16.9. The van der Waals surface area contributed by atoms with Gasteiger partial charge < -0.3 is 201 Å². The van der Waals surface area contributed by atoms with Gasteiger partial charge in [0.15, 0.2) is 111 Å². The molecule has 126 heavy (non-hydrogen) atoms. The molecule has 22 saturated heterocycles. The molecule has 12 bridgehead atoms. The SMILES string of the molecule is CCOC(=O)OC1C2OC(CO)C(OC3OC(CO)C(OC4OC(CO)C(OC5OC(CO)C(OC6OC(CO)C(OC7OC(CO)C(O2)C(OC(=O)OCC)C7OC(=O)OCC)C(OC(=O)OCC)C6OC(=O)OCC)C(OC(=O)OCC)C5OC(=O)OCC)C(OC(=O)OCC)C4OC(=O)OCC)C(OC(=O)OCC)C3OC(=O)OCC)C1OC(=O)OCC. The molecule has 720 valence electrons. The zero-order valence-electron chi connectivity index (χ0n) is 70.3. The van der Waals surface area contributed by atoms with Gasteiger partial charge in [-0.15, -0.1) is 0 Å². The van der Waals surface area contributed by atoms with Gasteiger partial charge >= 0.3 is 73.9 Å². The lowest BCUT2D eigenvalue weighted by Gasteiger charge is -2.52. The summed E-state index contributed by atoms with van der Waals surface area (Å²) in [6, 6.07) is 0. The molecule has 0 saturated carbocycles. The second-order valence-electron chi connectivity index (χ2n) is 26.1. The minimum atomic E-state index is -2.56. The average Bonchev–Trinajstić information content (AvgIpc) is 0.751. The summed E-state index contributed by atoms with van der Waals surface area (Å²) in [4.78, 5) is 169. The molecule has 0 radical (unpaired) electrons. The van der Waals surface area contributed by atoms with Crippen LogP contribution in [0, 0.1) is 0 Å². The zero-order chi connectivity index (χ0) is 92.4. The van der Waals surface area contributed by atoms with Crippen LogP contribution in [0.25, 0.3) is 0 Å². The summed E-state index contributed by atoms with van der Waals surface area (Å²) in [5.74, 6) is 0. The summed E-state index contributed by atoms with van der Waals surface area (Å²) >= 11 is 0. The number of hydrogen-bond donors (Lipinski definition) is 6. The van der Waals surface area contributed by atoms with Crippen LogP contribution in [0.4, 0.5) is 57.5 Å². The minimum absolute atomic E-state index is 0.501. The summed E-state index contributed by atoms with van der Waals surface area (Å²) in [5.41, 5.74) is 0. The van der Waals surface area contributed by atoms with Gasteiger partial charge in [0.25, 0.3) is 0 Å². The van der Waals surface area contributed by atoms with E-state index < -0.39 is 377 Å². The van der Waals surface area contributed by atoms with Crippen LogP contribution in [0.5, 0.6) is 0 Å². The normalized spacial score (nSPS) is 33.6. The highest BCUT2D eigenvalue weighted by Crippen LogP contribution is 2.44. The number of aliphatic hydroxyl groups is 6. The number of ether oxygens (including phenoxy) is 36. The van der Waals surface area contributed by atoms with E-state index in [1.54, 1.807) is 0 Å². The van der Waals surface area contributed by atoms with Crippen LogP contribution in [0.3, 0.4) is 0 Å². The molecule has 30 atom stereocenters. The van der Waals surface area contributed by atoms with Crippen LogP contribution in [-0.4, -0.2) is 408 Å². The first-order chi connectivity index (χ1) is 60.6. The van der Waals surface area contributed by atoms with Gasteiger partial charge in [-0.1, -0.05) is 0 Å². The smallest absolute Gasteiger partial charge is 0.435 e. The summed E-state index contributed by atoms with van der Waals surface area (Å²) in [6.45, 7) is 1.17. The van der Waals surface area contributed by atoms with Crippen molar-refractivity contribution in [3.8, 4) is 0 Å². The monoisotopic (exact) mass is 1840 g/mol. The van der Waals surface area contributed by atoms with Crippen LogP contribution in [0.15, 0.2) is 0 Å². The number of aliphatic hydroxyl groups excluding tert-OH is 6. The minimum Gasteiger partial charge on any atom is -0.435 e. The van der Waals surface area contributed by atoms with Crippen molar-refractivity contribution >= 4 is 73.9 Å². The predicted molar refractivity (Wildman–Crippen MR) is 386 cm³/mol. The quantitative estimate of drug-likeness (QED) is 0.0433. The van der Waals surface area contributed by atoms with Crippen molar-refractivity contribution < 1.29 is 259 Å². The first-order valence-corrected chi connectivity index (χ1v) is 40.1. The van der Waals surface area contributed by atoms with Crippen LogP contribution >= 0.6 is 0 Å². The first kappa shape index (κ1) is 104. The van der Waals surface area contributed by atoms with Crippen molar-refractivity contribution in [2.24, 2.45) is 0 Å². The molecule has 54 heteroatoms. The maximum Gasteiger partial charge on any atom is 0.508 e. The average molecular weight is 1840 g/mol. The molecule has 6 N–H and O–H groups in total. The Labute approximate surface area is 716 Å². The molecule has 22 rings (SSSR count). The van der Waals surface area contributed by atoms with Crippen LogP contribution in [0.2, 0.25) is 0 Å². The van der Waals surface area contributed by atoms with E-state index in [0.29, 0.717) is 0 Å². The molecule has 54 nitrogen and oxygen atoms in total. The summed E-state index contributed by atoms with van der Waals surface area (Å²) in [7, 11) is 0. The third kappa shape index (κ3) is 27.8. The van der Waals surface area contributed by atoms with Gasteiger partial charge in [0.1, 0.15) is 73.2 Å². The van der Waals surface area contributed by atoms with Gasteiger partial charge in [-0.05, 0) is 83.1 Å². The Morgan fingerprint density at radius 1 is 0.167 bits per heavy atom. The van der Waals surface area contributed by atoms with E-state index in [0.717, 1.165) is 0 Å². The van der Waals surface area contributed by atoms with Crippen molar-refractivity contribution in [3.05, 3.63) is 0 Å². The molecule has 30 unspecified atom stereocenters. The van der Waals surface area contributed by atoms with Crippen molar-refractivity contribution in [1.29, 1.82) is 0 Å². The number of carbonyl (C=O) groups is 12. The molecule has 0 amide bonds. The van der Waals surface area contributed by atoms with E-state index in [1.165, 1.54) is 83.1 Å². The van der Waals surface area contributed by atoms with Gasteiger partial charge in [0.05, 0.1) is 119 Å². The lowest BCUT2D eigenvalue weighted by Crippen LogP contribution is -2.71. The van der Waals surface area contributed by atoms with E-state index in [9.17, 15) is 88.2 Å². The fourth-order valence-corrected chi connectivity index (χ4v) is 13.4. The molecular formula is C72H108O54. The fourth-order valence-electron chi connectivity index (χ4n) is 13.4. The Balaban J connectivity index is 1.64. The topological polar surface area (TPSA) is 659 Å². The van der Waals surface area contributed by atoms with Gasteiger partial charge in [0, 0.05) is 0 Å². The predicted octanol–water partition coefficient (Wildman–Crippen LogP) is 1.11. The van der Waals surface area contributed by atoms with E-state index >= 15 is 0 Å². The highest BCUT2D eigenvalue weighted by Gasteiger charge is 2.66. The zero-order valence-corrected chi connectivity index (χ0v) is 70.3. The number of hydrogen-bond acceptors (Lipinski definition) is 54. The standard InChI is InChI=1S/C72H108O54/c1-13-91-61(79)115-43-37-31(25-73)103-55(49(43)121-67(85)97-19-7)110-38-32(26-74)105-57(51(123-69(87)99-21-9)44(38)116-62(80)92-14-2)112-40-34(28-76)107-59(53(125-71(89)101-23-11)46(40)118-64(82)94-16-4)114-42-36(30-78)108-60(54(126-72(90)102-24-12)48(42)120-66(84)96-18-6)113-41-35(29-77)106-58(52(124-70(88)100-22-10)47(41)119-65(83)95-17-5)111-39-33(27-75)104-56(109-37)50(122-68(86)98-20-8)45(39)117-63(81)93-15-3/h31-60,73-78H,13-30H2,1-12H3. The Hall–Kier alpha value is -9.48. The first-order valence-electron chi connectivity index (χ1n) is 40.1. The molecule has 22 aliphatic rings. The van der Waals surface area contributed by atoms with Crippen molar-refractivity contribution in [2.45, 2.75) is 267 Å². The summed E-state index contributed by atoms with van der Waals surface area (Å²) in [5, 5.41) is 70.0. The second-order valence-corrected chi connectivity index (χ2v) is 26.1. The van der Waals surface area contributed by atoms with Crippen LogP contribution in [-0.2, 0) is 171 Å². The van der Waals surface area contributed by atoms with E-state index in [2.05, 4.69) is 0 Å².